The highest BCUT2D eigenvalue weighted by atomic mass is 35.5. The fraction of sp³-hybridized carbons (Fsp3) is 0.391. The first-order chi connectivity index (χ1) is 14.7. The van der Waals surface area contributed by atoms with Crippen molar-refractivity contribution in [2.75, 3.05) is 32.8 Å². The van der Waals surface area contributed by atoms with Gasteiger partial charge in [0, 0.05) is 37.3 Å². The number of nitrogens with zero attached hydrogens (tertiary/aromatic N) is 2. The van der Waals surface area contributed by atoms with Gasteiger partial charge < -0.3 is 14.5 Å². The number of amides is 2. The number of carbonyl (C=O) groups excluding carboxylic acids is 2. The normalized spacial score (nSPS) is 16.5. The lowest BCUT2D eigenvalue weighted by atomic mass is 10.1. The zero-order valence-corrected chi connectivity index (χ0v) is 19.0. The van der Waals surface area contributed by atoms with Crippen molar-refractivity contribution < 1.29 is 18.7 Å². The second-order valence-corrected chi connectivity index (χ2v) is 8.80. The molecule has 0 aliphatic carbocycles. The number of hydrogen-bond donors (Lipinski definition) is 0. The van der Waals surface area contributed by atoms with Crippen LogP contribution < -0.4 is 0 Å². The Bertz CT molecular complexity index is 937. The van der Waals surface area contributed by atoms with E-state index >= 15 is 0 Å². The largest absolute Gasteiger partial charge is 0.373 e. The molecule has 1 atom stereocenters. The molecule has 1 aliphatic heterocycles. The van der Waals surface area contributed by atoms with E-state index in [9.17, 15) is 14.0 Å². The Morgan fingerprint density at radius 1 is 1.13 bits per heavy atom. The van der Waals surface area contributed by atoms with E-state index in [4.69, 9.17) is 27.9 Å². The van der Waals surface area contributed by atoms with E-state index in [1.54, 1.807) is 28.0 Å². The van der Waals surface area contributed by atoms with Gasteiger partial charge >= 0.3 is 0 Å². The van der Waals surface area contributed by atoms with E-state index in [1.165, 1.54) is 24.3 Å². The molecule has 5 nitrogen and oxygen atoms in total. The van der Waals surface area contributed by atoms with E-state index in [0.717, 1.165) is 0 Å². The van der Waals surface area contributed by atoms with Gasteiger partial charge in [-0.3, -0.25) is 9.59 Å². The zero-order chi connectivity index (χ0) is 22.5. The summed E-state index contributed by atoms with van der Waals surface area (Å²) < 4.78 is 19.1. The third kappa shape index (κ3) is 6.19. The standard InChI is InChI=1S/C23H25Cl2FN2O3/c1-15(2)12-28(22(29)16-3-6-18(26)7-4-16)14-19-13-27(9-10-31-19)23(30)17-5-8-20(24)21(25)11-17/h3-8,11,15,19H,9-10,12-14H2,1-2H3/t19-/m1/s1. The fourth-order valence-electron chi connectivity index (χ4n) is 3.53. The number of morpholine rings is 1. The maximum Gasteiger partial charge on any atom is 0.254 e. The Balaban J connectivity index is 1.70. The van der Waals surface area contributed by atoms with Crippen molar-refractivity contribution in [1.29, 1.82) is 0 Å². The lowest BCUT2D eigenvalue weighted by Crippen LogP contribution is -2.51. The molecule has 31 heavy (non-hydrogen) atoms. The minimum Gasteiger partial charge on any atom is -0.373 e. The summed E-state index contributed by atoms with van der Waals surface area (Å²) in [5.74, 6) is -0.502. The van der Waals surface area contributed by atoms with Gasteiger partial charge in [-0.2, -0.15) is 0 Å². The Morgan fingerprint density at radius 3 is 2.45 bits per heavy atom. The van der Waals surface area contributed by atoms with Gasteiger partial charge in [-0.15, -0.1) is 0 Å². The van der Waals surface area contributed by atoms with Crippen LogP contribution in [0.1, 0.15) is 34.6 Å². The lowest BCUT2D eigenvalue weighted by Gasteiger charge is -2.36. The summed E-state index contributed by atoms with van der Waals surface area (Å²) in [4.78, 5) is 29.3. The van der Waals surface area contributed by atoms with Crippen LogP contribution in [-0.4, -0.2) is 60.5 Å². The second-order valence-electron chi connectivity index (χ2n) is 7.98. The van der Waals surface area contributed by atoms with Gasteiger partial charge in [0.15, 0.2) is 0 Å². The predicted molar refractivity (Wildman–Crippen MR) is 119 cm³/mol. The van der Waals surface area contributed by atoms with Crippen molar-refractivity contribution in [3.63, 3.8) is 0 Å². The number of hydrogen-bond acceptors (Lipinski definition) is 3. The molecule has 1 heterocycles. The molecule has 0 radical (unpaired) electrons. The molecule has 0 aromatic heterocycles. The number of benzene rings is 2. The molecule has 2 aromatic rings. The van der Waals surface area contributed by atoms with Gasteiger partial charge in [-0.25, -0.2) is 4.39 Å². The number of halogens is 3. The molecule has 0 saturated carbocycles. The lowest BCUT2D eigenvalue weighted by molar-refractivity contribution is -0.0340. The summed E-state index contributed by atoms with van der Waals surface area (Å²) >= 11 is 12.0. The molecule has 166 valence electrons. The van der Waals surface area contributed by atoms with Crippen LogP contribution in [0.2, 0.25) is 10.0 Å². The van der Waals surface area contributed by atoms with Crippen molar-refractivity contribution in [2.45, 2.75) is 20.0 Å². The SMILES string of the molecule is CC(C)CN(C[C@H]1CN(C(=O)c2ccc(Cl)c(Cl)c2)CCO1)C(=O)c1ccc(F)cc1. The van der Waals surface area contributed by atoms with Crippen molar-refractivity contribution in [2.24, 2.45) is 5.92 Å². The third-order valence-electron chi connectivity index (χ3n) is 4.98. The molecular weight excluding hydrogens is 442 g/mol. The molecule has 2 aromatic carbocycles. The molecule has 8 heteroatoms. The van der Waals surface area contributed by atoms with Gasteiger partial charge in [0.1, 0.15) is 5.82 Å². The molecule has 0 unspecified atom stereocenters. The smallest absolute Gasteiger partial charge is 0.254 e. The quantitative estimate of drug-likeness (QED) is 0.615. The Labute approximate surface area is 191 Å². The molecule has 3 rings (SSSR count). The first-order valence-corrected chi connectivity index (χ1v) is 10.9. The molecule has 0 spiro atoms. The fourth-order valence-corrected chi connectivity index (χ4v) is 3.83. The van der Waals surface area contributed by atoms with Gasteiger partial charge in [-0.05, 0) is 48.4 Å². The summed E-state index contributed by atoms with van der Waals surface area (Å²) in [6.45, 7) is 6.07. The second kappa shape index (κ2) is 10.4. The van der Waals surface area contributed by atoms with Crippen LogP contribution in [0, 0.1) is 11.7 Å². The topological polar surface area (TPSA) is 49.9 Å². The van der Waals surface area contributed by atoms with Gasteiger partial charge in [0.2, 0.25) is 0 Å². The average molecular weight is 467 g/mol. The van der Waals surface area contributed by atoms with Crippen LogP contribution in [0.15, 0.2) is 42.5 Å². The highest BCUT2D eigenvalue weighted by Crippen LogP contribution is 2.24. The summed E-state index contributed by atoms with van der Waals surface area (Å²) in [6.07, 6.45) is -0.330. The minimum atomic E-state index is -0.390. The Hall–Kier alpha value is -2.15. The van der Waals surface area contributed by atoms with Crippen LogP contribution in [0.4, 0.5) is 4.39 Å². The summed E-state index contributed by atoms with van der Waals surface area (Å²) in [7, 11) is 0. The van der Waals surface area contributed by atoms with Crippen molar-refractivity contribution in [3.05, 3.63) is 69.5 Å². The first kappa shape index (κ1) is 23.5. The van der Waals surface area contributed by atoms with Gasteiger partial charge in [-0.1, -0.05) is 37.0 Å². The van der Waals surface area contributed by atoms with E-state index in [2.05, 4.69) is 0 Å². The number of ether oxygens (including phenoxy) is 1. The van der Waals surface area contributed by atoms with E-state index in [-0.39, 0.29) is 29.7 Å². The van der Waals surface area contributed by atoms with E-state index in [0.29, 0.717) is 54.0 Å². The summed E-state index contributed by atoms with van der Waals surface area (Å²) in [6, 6.07) is 10.3. The van der Waals surface area contributed by atoms with Crippen molar-refractivity contribution in [1.82, 2.24) is 9.80 Å². The predicted octanol–water partition coefficient (Wildman–Crippen LogP) is 4.77. The monoisotopic (exact) mass is 466 g/mol. The van der Waals surface area contributed by atoms with Gasteiger partial charge in [0.05, 0.1) is 22.8 Å². The molecule has 0 N–H and O–H groups in total. The Morgan fingerprint density at radius 2 is 1.81 bits per heavy atom. The number of rotatable bonds is 6. The molecule has 1 saturated heterocycles. The van der Waals surface area contributed by atoms with E-state index < -0.39 is 0 Å². The van der Waals surface area contributed by atoms with Crippen LogP contribution in [0.3, 0.4) is 0 Å². The molecule has 1 fully saturated rings. The highest BCUT2D eigenvalue weighted by molar-refractivity contribution is 6.42. The van der Waals surface area contributed by atoms with Crippen LogP contribution in [0.5, 0.6) is 0 Å². The molecule has 0 bridgehead atoms. The van der Waals surface area contributed by atoms with Crippen LogP contribution >= 0.6 is 23.2 Å². The first-order valence-electron chi connectivity index (χ1n) is 10.2. The number of carbonyl (C=O) groups is 2. The molecule has 2 amide bonds. The summed E-state index contributed by atoms with van der Waals surface area (Å²) in [5, 5.41) is 0.715. The van der Waals surface area contributed by atoms with Crippen molar-refractivity contribution in [3.8, 4) is 0 Å². The maximum absolute atomic E-state index is 13.2. The summed E-state index contributed by atoms with van der Waals surface area (Å²) in [5.41, 5.74) is 0.873. The van der Waals surface area contributed by atoms with Crippen LogP contribution in [-0.2, 0) is 4.74 Å². The molecular formula is C23H25Cl2FN2O3. The maximum atomic E-state index is 13.2. The van der Waals surface area contributed by atoms with E-state index in [1.807, 2.05) is 13.8 Å². The van der Waals surface area contributed by atoms with Crippen LogP contribution in [0.25, 0.3) is 0 Å². The minimum absolute atomic E-state index is 0.160. The highest BCUT2D eigenvalue weighted by Gasteiger charge is 2.29. The average Bonchev–Trinajstić information content (AvgIpc) is 2.74. The molecule has 1 aliphatic rings. The van der Waals surface area contributed by atoms with Crippen molar-refractivity contribution >= 4 is 35.0 Å². The third-order valence-corrected chi connectivity index (χ3v) is 5.72. The zero-order valence-electron chi connectivity index (χ0n) is 17.5. The van der Waals surface area contributed by atoms with Gasteiger partial charge in [0.25, 0.3) is 11.8 Å². The Kier molecular flexibility index (Phi) is 7.92.